The molecule has 4 rings (SSSR count). The van der Waals surface area contributed by atoms with Gasteiger partial charge in [0.1, 0.15) is 11.5 Å². The Morgan fingerprint density at radius 1 is 0.935 bits per heavy atom. The molecule has 0 radical (unpaired) electrons. The van der Waals surface area contributed by atoms with E-state index in [1.165, 1.54) is 32.7 Å². The lowest BCUT2D eigenvalue weighted by Crippen LogP contribution is -2.44. The molecule has 0 atom stereocenters. The molecule has 168 valence electrons. The Bertz CT molecular complexity index is 962. The molecule has 1 fully saturated rings. The predicted molar refractivity (Wildman–Crippen MR) is 130 cm³/mol. The molecule has 1 aromatic heterocycles. The molecular formula is C23H30Cl2N4O2. The summed E-state index contributed by atoms with van der Waals surface area (Å²) in [6.45, 7) is 6.87. The quantitative estimate of drug-likeness (QED) is 0.419. The maximum absolute atomic E-state index is 5.73. The second kappa shape index (κ2) is 12.3. The van der Waals surface area contributed by atoms with Crippen LogP contribution in [0.2, 0.25) is 0 Å². The molecule has 3 aromatic rings. The lowest BCUT2D eigenvalue weighted by atomic mass is 10.1. The number of halogens is 2. The van der Waals surface area contributed by atoms with Crippen molar-refractivity contribution in [1.82, 2.24) is 14.8 Å². The number of nitrogens with two attached hydrogens (primary N) is 1. The molecule has 1 aliphatic heterocycles. The van der Waals surface area contributed by atoms with E-state index in [1.54, 1.807) is 0 Å². The van der Waals surface area contributed by atoms with Crippen LogP contribution in [0.1, 0.15) is 6.42 Å². The van der Waals surface area contributed by atoms with Crippen LogP contribution in [0.25, 0.3) is 21.8 Å². The van der Waals surface area contributed by atoms with Gasteiger partial charge in [-0.1, -0.05) is 35.3 Å². The molecule has 0 saturated carbocycles. The van der Waals surface area contributed by atoms with Gasteiger partial charge in [0, 0.05) is 43.0 Å². The molecule has 1 aliphatic rings. The highest BCUT2D eigenvalue weighted by Gasteiger charge is 2.12. The Hall–Kier alpha value is -1.83. The number of ether oxygens (including phenoxy) is 2. The minimum atomic E-state index is 0.0863. The summed E-state index contributed by atoms with van der Waals surface area (Å²) in [5.41, 5.74) is 7.07. The molecule has 0 bridgehead atoms. The molecule has 1 saturated heterocycles. The molecule has 2 aromatic carbocycles. The third-order valence-corrected chi connectivity index (χ3v) is 5.52. The van der Waals surface area contributed by atoms with E-state index >= 15 is 0 Å². The van der Waals surface area contributed by atoms with Gasteiger partial charge >= 0.3 is 0 Å². The number of aromatic nitrogens is 1. The predicted octanol–water partition coefficient (Wildman–Crippen LogP) is 4.12. The first kappa shape index (κ1) is 23.8. The van der Waals surface area contributed by atoms with E-state index in [-0.39, 0.29) is 12.1 Å². The number of alkyl halides is 2. The minimum absolute atomic E-state index is 0.0863. The van der Waals surface area contributed by atoms with E-state index in [0.717, 1.165) is 40.5 Å². The van der Waals surface area contributed by atoms with E-state index in [4.69, 9.17) is 38.4 Å². The average Bonchev–Trinajstić information content (AvgIpc) is 2.79. The number of piperazine rings is 1. The summed E-state index contributed by atoms with van der Waals surface area (Å²) in [6.07, 6.45) is 1.14. The van der Waals surface area contributed by atoms with E-state index in [0.29, 0.717) is 5.75 Å². The zero-order chi connectivity index (χ0) is 22.1. The van der Waals surface area contributed by atoms with Crippen LogP contribution < -0.4 is 15.2 Å². The van der Waals surface area contributed by atoms with Crippen LogP contribution in [0, 0.1) is 0 Å². The highest BCUT2D eigenvalue weighted by Crippen LogP contribution is 2.34. The largest absolute Gasteiger partial charge is 0.478 e. The van der Waals surface area contributed by atoms with Crippen molar-refractivity contribution in [2.45, 2.75) is 6.42 Å². The number of para-hydroxylation sites is 1. The SMILES string of the molecule is CN1CCN(CCCN)CC1.ClCOc1ccc2c(OCCl)c3ccccc3nc2c1. The lowest BCUT2D eigenvalue weighted by Gasteiger charge is -2.32. The first-order valence-corrected chi connectivity index (χ1v) is 11.5. The summed E-state index contributed by atoms with van der Waals surface area (Å²) in [6, 6.07) is 13.5. The normalized spacial score (nSPS) is 15.0. The van der Waals surface area contributed by atoms with Gasteiger partial charge in [0.15, 0.2) is 12.1 Å². The fourth-order valence-electron chi connectivity index (χ4n) is 3.58. The van der Waals surface area contributed by atoms with Crippen LogP contribution in [0.5, 0.6) is 11.5 Å². The number of hydrogen-bond donors (Lipinski definition) is 1. The molecule has 0 aliphatic carbocycles. The fourth-order valence-corrected chi connectivity index (χ4v) is 3.82. The van der Waals surface area contributed by atoms with Gasteiger partial charge in [-0.3, -0.25) is 0 Å². The zero-order valence-electron chi connectivity index (χ0n) is 17.9. The van der Waals surface area contributed by atoms with Crippen LogP contribution in [0.3, 0.4) is 0 Å². The topological polar surface area (TPSA) is 63.9 Å². The summed E-state index contributed by atoms with van der Waals surface area (Å²) in [5.74, 6) is 1.41. The molecular weight excluding hydrogens is 435 g/mol. The number of hydrogen-bond acceptors (Lipinski definition) is 6. The maximum Gasteiger partial charge on any atom is 0.162 e. The number of pyridine rings is 1. The van der Waals surface area contributed by atoms with Crippen molar-refractivity contribution in [3.8, 4) is 11.5 Å². The summed E-state index contributed by atoms with van der Waals surface area (Å²) >= 11 is 11.3. The molecule has 0 spiro atoms. The van der Waals surface area contributed by atoms with Crippen LogP contribution in [0.4, 0.5) is 0 Å². The van der Waals surface area contributed by atoms with Crippen molar-refractivity contribution in [3.05, 3.63) is 42.5 Å². The number of benzene rings is 2. The molecule has 0 amide bonds. The van der Waals surface area contributed by atoms with E-state index in [2.05, 4.69) is 21.8 Å². The maximum atomic E-state index is 5.73. The Morgan fingerprint density at radius 3 is 2.35 bits per heavy atom. The molecule has 31 heavy (non-hydrogen) atoms. The number of nitrogens with zero attached hydrogens (tertiary/aromatic N) is 3. The summed E-state index contributed by atoms with van der Waals surface area (Å²) in [5, 5.41) is 1.83. The highest BCUT2D eigenvalue weighted by atomic mass is 35.5. The molecule has 6 nitrogen and oxygen atoms in total. The average molecular weight is 465 g/mol. The van der Waals surface area contributed by atoms with Gasteiger partial charge in [0.25, 0.3) is 0 Å². The van der Waals surface area contributed by atoms with Crippen LogP contribution in [-0.2, 0) is 0 Å². The van der Waals surface area contributed by atoms with E-state index in [9.17, 15) is 0 Å². The summed E-state index contributed by atoms with van der Waals surface area (Å²) in [7, 11) is 2.18. The first-order valence-electron chi connectivity index (χ1n) is 10.5. The number of fused-ring (bicyclic) bond motifs is 2. The summed E-state index contributed by atoms with van der Waals surface area (Å²) < 4.78 is 10.9. The van der Waals surface area contributed by atoms with E-state index < -0.39 is 0 Å². The fraction of sp³-hybridized carbons (Fsp3) is 0.435. The zero-order valence-corrected chi connectivity index (χ0v) is 19.4. The Kier molecular flexibility index (Phi) is 9.43. The smallest absolute Gasteiger partial charge is 0.162 e. The molecule has 2 N–H and O–H groups in total. The third kappa shape index (κ3) is 6.57. The molecule has 2 heterocycles. The third-order valence-electron chi connectivity index (χ3n) is 5.30. The summed E-state index contributed by atoms with van der Waals surface area (Å²) in [4.78, 5) is 9.48. The molecule has 8 heteroatoms. The van der Waals surface area contributed by atoms with Gasteiger partial charge in [-0.15, -0.1) is 0 Å². The Labute approximate surface area is 193 Å². The van der Waals surface area contributed by atoms with E-state index in [1.807, 2.05) is 42.5 Å². The van der Waals surface area contributed by atoms with Gasteiger partial charge in [-0.2, -0.15) is 0 Å². The van der Waals surface area contributed by atoms with Crippen molar-refractivity contribution >= 4 is 45.0 Å². The van der Waals surface area contributed by atoms with Crippen LogP contribution in [-0.4, -0.2) is 73.2 Å². The lowest BCUT2D eigenvalue weighted by molar-refractivity contribution is 0.153. The van der Waals surface area contributed by atoms with Crippen molar-refractivity contribution in [2.24, 2.45) is 5.73 Å². The van der Waals surface area contributed by atoms with Gasteiger partial charge in [0.2, 0.25) is 0 Å². The second-order valence-corrected chi connectivity index (χ2v) is 7.87. The van der Waals surface area contributed by atoms with Crippen LogP contribution >= 0.6 is 23.2 Å². The second-order valence-electron chi connectivity index (χ2n) is 7.43. The highest BCUT2D eigenvalue weighted by molar-refractivity contribution is 6.17. The monoisotopic (exact) mass is 464 g/mol. The van der Waals surface area contributed by atoms with Crippen molar-refractivity contribution in [2.75, 3.05) is 58.4 Å². The Balaban J connectivity index is 0.000000210. The Morgan fingerprint density at radius 2 is 1.65 bits per heavy atom. The van der Waals surface area contributed by atoms with Gasteiger partial charge < -0.3 is 25.0 Å². The first-order chi connectivity index (χ1) is 15.2. The van der Waals surface area contributed by atoms with Crippen LogP contribution in [0.15, 0.2) is 42.5 Å². The van der Waals surface area contributed by atoms with Gasteiger partial charge in [-0.05, 0) is 50.8 Å². The van der Waals surface area contributed by atoms with Gasteiger partial charge in [0.05, 0.1) is 11.0 Å². The standard InChI is InChI=1S/C15H11Cl2NO2.C8H19N3/c16-8-19-10-5-6-12-14(7-10)18-13-4-2-1-3-11(13)15(12)20-9-17;1-10-5-7-11(8-6-10)4-2-3-9/h1-7H,8-9H2;2-9H2,1H3. The van der Waals surface area contributed by atoms with Crippen molar-refractivity contribution in [3.63, 3.8) is 0 Å². The molecule has 0 unspecified atom stereocenters. The van der Waals surface area contributed by atoms with Crippen molar-refractivity contribution in [1.29, 1.82) is 0 Å². The number of likely N-dealkylation sites (N-methyl/N-ethyl adjacent to an activating group) is 1. The van der Waals surface area contributed by atoms with Crippen molar-refractivity contribution < 1.29 is 9.47 Å². The number of rotatable bonds is 7. The van der Waals surface area contributed by atoms with Gasteiger partial charge in [-0.25, -0.2) is 4.98 Å². The minimum Gasteiger partial charge on any atom is -0.478 e.